The number of nitrogens with zero attached hydrogens (tertiary/aromatic N) is 2. The van der Waals surface area contributed by atoms with E-state index in [1.165, 1.54) is 17.8 Å². The molecule has 0 aliphatic rings. The predicted molar refractivity (Wildman–Crippen MR) is 94.5 cm³/mol. The van der Waals surface area contributed by atoms with Gasteiger partial charge < -0.3 is 19.7 Å². The molecule has 0 aliphatic carbocycles. The minimum atomic E-state index is -0.879. The van der Waals surface area contributed by atoms with E-state index >= 15 is 0 Å². The van der Waals surface area contributed by atoms with Crippen molar-refractivity contribution in [3.05, 3.63) is 32.7 Å². The third kappa shape index (κ3) is 4.16. The fourth-order valence-corrected chi connectivity index (χ4v) is 2.51. The molecule has 0 saturated heterocycles. The van der Waals surface area contributed by atoms with Crippen molar-refractivity contribution in [2.24, 2.45) is 7.05 Å². The maximum absolute atomic E-state index is 12.4. The van der Waals surface area contributed by atoms with Crippen LogP contribution in [0.3, 0.4) is 0 Å². The molecule has 0 bridgehead atoms. The van der Waals surface area contributed by atoms with Gasteiger partial charge in [0.1, 0.15) is 23.2 Å². The molecule has 0 aromatic carbocycles. The van der Waals surface area contributed by atoms with Crippen molar-refractivity contribution in [1.29, 1.82) is 0 Å². The Labute approximate surface area is 151 Å². The van der Waals surface area contributed by atoms with E-state index in [0.717, 1.165) is 0 Å². The summed E-state index contributed by atoms with van der Waals surface area (Å²) in [4.78, 5) is 40.4. The number of hydrogen-bond donors (Lipinski definition) is 2. The van der Waals surface area contributed by atoms with Gasteiger partial charge in [-0.15, -0.1) is 0 Å². The van der Waals surface area contributed by atoms with Gasteiger partial charge in [0.15, 0.2) is 5.75 Å². The van der Waals surface area contributed by atoms with Crippen LogP contribution in [0.25, 0.3) is 11.0 Å². The topological polar surface area (TPSA) is 111 Å². The summed E-state index contributed by atoms with van der Waals surface area (Å²) >= 11 is 3.24. The third-order valence-corrected chi connectivity index (χ3v) is 3.65. The number of rotatable bonds is 3. The fraction of sp³-hybridized carbons (Fsp3) is 0.375. The van der Waals surface area contributed by atoms with Gasteiger partial charge >= 0.3 is 5.97 Å². The average Bonchev–Trinajstić information content (AvgIpc) is 2.49. The van der Waals surface area contributed by atoms with Crippen molar-refractivity contribution < 1.29 is 19.4 Å². The van der Waals surface area contributed by atoms with Crippen LogP contribution in [-0.4, -0.2) is 38.7 Å². The molecule has 2 rings (SSSR count). The summed E-state index contributed by atoms with van der Waals surface area (Å²) in [6.45, 7) is 4.66. The zero-order chi connectivity index (χ0) is 18.9. The molecule has 9 heteroatoms. The van der Waals surface area contributed by atoms with Gasteiger partial charge in [0, 0.05) is 17.7 Å². The van der Waals surface area contributed by atoms with Crippen molar-refractivity contribution >= 4 is 38.8 Å². The first-order chi connectivity index (χ1) is 11.5. The average molecular weight is 412 g/mol. The molecule has 25 heavy (non-hydrogen) atoms. The van der Waals surface area contributed by atoms with E-state index in [0.29, 0.717) is 9.99 Å². The second-order valence-electron chi connectivity index (χ2n) is 6.38. The van der Waals surface area contributed by atoms with Crippen LogP contribution in [0.4, 0.5) is 0 Å². The highest BCUT2D eigenvalue weighted by Crippen LogP contribution is 2.25. The van der Waals surface area contributed by atoms with E-state index in [1.54, 1.807) is 26.8 Å². The number of nitrogens with one attached hydrogen (secondary N) is 1. The van der Waals surface area contributed by atoms with Crippen LogP contribution in [0.2, 0.25) is 0 Å². The highest BCUT2D eigenvalue weighted by atomic mass is 79.9. The summed E-state index contributed by atoms with van der Waals surface area (Å²) in [6, 6.07) is 1.60. The highest BCUT2D eigenvalue weighted by molar-refractivity contribution is 9.10. The lowest BCUT2D eigenvalue weighted by Crippen LogP contribution is -2.37. The Kier molecular flexibility index (Phi) is 5.17. The minimum absolute atomic E-state index is 0.104. The molecule has 0 saturated carbocycles. The van der Waals surface area contributed by atoms with E-state index in [9.17, 15) is 19.5 Å². The van der Waals surface area contributed by atoms with E-state index in [1.807, 2.05) is 0 Å². The summed E-state index contributed by atoms with van der Waals surface area (Å²) in [5.74, 6) is -2.07. The smallest absolute Gasteiger partial charge is 0.325 e. The number of fused-ring (bicyclic) bond motifs is 1. The summed E-state index contributed by atoms with van der Waals surface area (Å²) in [5, 5.41) is 12.6. The number of pyridine rings is 2. The normalized spacial score (nSPS) is 11.4. The molecule has 0 aliphatic heterocycles. The number of amides is 1. The van der Waals surface area contributed by atoms with Crippen LogP contribution in [0.5, 0.6) is 5.75 Å². The first-order valence-electron chi connectivity index (χ1n) is 7.38. The van der Waals surface area contributed by atoms with Crippen molar-refractivity contribution in [1.82, 2.24) is 14.9 Å². The van der Waals surface area contributed by atoms with Crippen molar-refractivity contribution in [3.63, 3.8) is 0 Å². The van der Waals surface area contributed by atoms with Crippen LogP contribution < -0.4 is 10.9 Å². The number of esters is 1. The first-order valence-corrected chi connectivity index (χ1v) is 8.18. The molecule has 0 radical (unpaired) electrons. The van der Waals surface area contributed by atoms with E-state index in [4.69, 9.17) is 4.74 Å². The van der Waals surface area contributed by atoms with E-state index < -0.39 is 40.9 Å². The zero-order valence-corrected chi connectivity index (χ0v) is 15.8. The summed E-state index contributed by atoms with van der Waals surface area (Å²) < 4.78 is 6.90. The molecular weight excluding hydrogens is 394 g/mol. The van der Waals surface area contributed by atoms with Gasteiger partial charge in [-0.2, -0.15) is 0 Å². The second kappa shape index (κ2) is 6.83. The molecular formula is C16H18BrN3O5. The summed E-state index contributed by atoms with van der Waals surface area (Å²) in [7, 11) is 1.46. The Balaban J connectivity index is 2.35. The monoisotopic (exact) mass is 411 g/mol. The first kappa shape index (κ1) is 18.9. The van der Waals surface area contributed by atoms with Gasteiger partial charge in [0.2, 0.25) is 0 Å². The Morgan fingerprint density at radius 2 is 2.04 bits per heavy atom. The summed E-state index contributed by atoms with van der Waals surface area (Å²) in [5.41, 5.74) is -1.41. The zero-order valence-electron chi connectivity index (χ0n) is 14.2. The molecule has 2 heterocycles. The molecule has 2 aromatic rings. The van der Waals surface area contributed by atoms with Crippen molar-refractivity contribution in [3.8, 4) is 5.75 Å². The number of aryl methyl sites for hydroxylation is 1. The molecule has 1 amide bonds. The predicted octanol–water partition coefficient (Wildman–Crippen LogP) is 1.47. The Hall–Kier alpha value is -2.42. The van der Waals surface area contributed by atoms with Gasteiger partial charge in [-0.25, -0.2) is 4.98 Å². The molecule has 0 atom stereocenters. The van der Waals surface area contributed by atoms with Gasteiger partial charge in [0.25, 0.3) is 11.5 Å². The molecule has 2 N–H and O–H groups in total. The Morgan fingerprint density at radius 1 is 1.40 bits per heavy atom. The maximum Gasteiger partial charge on any atom is 0.325 e. The SMILES string of the molecule is Cn1c(=O)c(C(=O)NCC(=O)OC(C)(C)C)c(O)c2ncc(Br)cc21. The Morgan fingerprint density at radius 3 is 2.64 bits per heavy atom. The molecule has 8 nitrogen and oxygen atoms in total. The van der Waals surface area contributed by atoms with Gasteiger partial charge in [-0.3, -0.25) is 14.4 Å². The molecule has 0 spiro atoms. The van der Waals surface area contributed by atoms with Crippen LogP contribution in [0, 0.1) is 0 Å². The standard InChI is InChI=1S/C16H18BrN3O5/c1-16(2,3)25-10(21)7-19-14(23)11-13(22)12-9(20(4)15(11)24)5-8(17)6-18-12/h5-6,22H,7H2,1-4H3,(H,19,23). The van der Waals surface area contributed by atoms with E-state index in [2.05, 4.69) is 26.2 Å². The maximum atomic E-state index is 12.4. The number of ether oxygens (including phenoxy) is 1. The van der Waals surface area contributed by atoms with Crippen LogP contribution in [-0.2, 0) is 16.6 Å². The molecule has 134 valence electrons. The largest absolute Gasteiger partial charge is 0.505 e. The molecule has 2 aromatic heterocycles. The van der Waals surface area contributed by atoms with E-state index in [-0.39, 0.29) is 5.52 Å². The van der Waals surface area contributed by atoms with Crippen LogP contribution >= 0.6 is 15.9 Å². The second-order valence-corrected chi connectivity index (χ2v) is 7.29. The van der Waals surface area contributed by atoms with Crippen molar-refractivity contribution in [2.45, 2.75) is 26.4 Å². The number of hydrogen-bond acceptors (Lipinski definition) is 6. The number of aromatic nitrogens is 2. The molecule has 0 unspecified atom stereocenters. The lowest BCUT2D eigenvalue weighted by Gasteiger charge is -2.19. The number of aromatic hydroxyl groups is 1. The minimum Gasteiger partial charge on any atom is -0.505 e. The van der Waals surface area contributed by atoms with Gasteiger partial charge in [-0.1, -0.05) is 0 Å². The number of carbonyl (C=O) groups is 2. The quantitative estimate of drug-likeness (QED) is 0.739. The summed E-state index contributed by atoms with van der Waals surface area (Å²) in [6.07, 6.45) is 1.44. The highest BCUT2D eigenvalue weighted by Gasteiger charge is 2.23. The lowest BCUT2D eigenvalue weighted by atomic mass is 10.2. The Bertz CT molecular complexity index is 915. The lowest BCUT2D eigenvalue weighted by molar-refractivity contribution is -0.153. The fourth-order valence-electron chi connectivity index (χ4n) is 2.19. The third-order valence-electron chi connectivity index (χ3n) is 3.22. The molecule has 0 fully saturated rings. The van der Waals surface area contributed by atoms with Gasteiger partial charge in [-0.05, 0) is 42.8 Å². The van der Waals surface area contributed by atoms with Crippen LogP contribution in [0.15, 0.2) is 21.5 Å². The van der Waals surface area contributed by atoms with Gasteiger partial charge in [0.05, 0.1) is 5.52 Å². The van der Waals surface area contributed by atoms with Crippen LogP contribution in [0.1, 0.15) is 31.1 Å². The number of halogens is 1. The number of carbonyl (C=O) groups excluding carboxylic acids is 2. The van der Waals surface area contributed by atoms with Crippen molar-refractivity contribution in [2.75, 3.05) is 6.54 Å².